The van der Waals surface area contributed by atoms with E-state index in [1.807, 2.05) is 0 Å². The van der Waals surface area contributed by atoms with Crippen LogP contribution in [0.2, 0.25) is 0 Å². The van der Waals surface area contributed by atoms with E-state index in [1.54, 1.807) is 6.92 Å². The number of aromatic nitrogens is 2. The van der Waals surface area contributed by atoms with E-state index in [0.29, 0.717) is 11.0 Å². The lowest BCUT2D eigenvalue weighted by molar-refractivity contribution is -0.0327. The molecule has 1 N–H and O–H groups in total. The van der Waals surface area contributed by atoms with Crippen LogP contribution in [-0.4, -0.2) is 27.2 Å². The summed E-state index contributed by atoms with van der Waals surface area (Å²) < 4.78 is 39.0. The largest absolute Gasteiger partial charge is 0.441 e. The molecule has 1 aromatic rings. The summed E-state index contributed by atoms with van der Waals surface area (Å²) in [6, 6.07) is 0. The Morgan fingerprint density at radius 2 is 2.21 bits per heavy atom. The van der Waals surface area contributed by atoms with Crippen LogP contribution < -0.4 is 5.32 Å². The van der Waals surface area contributed by atoms with Gasteiger partial charge in [0.1, 0.15) is 5.82 Å². The van der Waals surface area contributed by atoms with Crippen molar-refractivity contribution in [3.05, 3.63) is 5.82 Å². The Kier molecular flexibility index (Phi) is 3.99. The van der Waals surface area contributed by atoms with Gasteiger partial charge in [0.25, 0.3) is 0 Å². The molecule has 0 saturated carbocycles. The number of anilines is 1. The predicted molar refractivity (Wildman–Crippen MR) is 51.6 cm³/mol. The number of halogens is 3. The number of hydrogen-bond acceptors (Lipinski definition) is 5. The van der Waals surface area contributed by atoms with Crippen molar-refractivity contribution in [2.75, 3.05) is 17.6 Å². The molecule has 0 saturated heterocycles. The number of aryl methyl sites for hydroxylation is 1. The SMILES string of the molecule is Cc1nsc(NCCSC(F)(F)F)n1. The van der Waals surface area contributed by atoms with Crippen molar-refractivity contribution in [2.45, 2.75) is 12.4 Å². The molecule has 1 rings (SSSR count). The van der Waals surface area contributed by atoms with Gasteiger partial charge in [-0.25, -0.2) is 4.98 Å². The smallest absolute Gasteiger partial charge is 0.359 e. The minimum Gasteiger partial charge on any atom is -0.359 e. The van der Waals surface area contributed by atoms with Crippen molar-refractivity contribution in [2.24, 2.45) is 0 Å². The van der Waals surface area contributed by atoms with Crippen LogP contribution in [-0.2, 0) is 0 Å². The van der Waals surface area contributed by atoms with Crippen LogP contribution >= 0.6 is 23.3 Å². The van der Waals surface area contributed by atoms with E-state index in [2.05, 4.69) is 14.7 Å². The molecule has 0 fully saturated rings. The van der Waals surface area contributed by atoms with E-state index < -0.39 is 5.51 Å². The second-order valence-corrected chi connectivity index (χ2v) is 4.28. The fourth-order valence-electron chi connectivity index (χ4n) is 0.694. The Labute approximate surface area is 87.3 Å². The fraction of sp³-hybridized carbons (Fsp3) is 0.667. The third-order valence-electron chi connectivity index (χ3n) is 1.17. The first-order chi connectivity index (χ1) is 6.47. The Morgan fingerprint density at radius 3 is 2.71 bits per heavy atom. The minimum atomic E-state index is -4.15. The van der Waals surface area contributed by atoms with Gasteiger partial charge in [0.05, 0.1) is 0 Å². The highest BCUT2D eigenvalue weighted by Crippen LogP contribution is 2.29. The van der Waals surface area contributed by atoms with Crippen LogP contribution in [0.3, 0.4) is 0 Å². The standard InChI is InChI=1S/C6H8F3N3S2/c1-4-11-5(14-12-4)10-2-3-13-6(7,8)9/h2-3H2,1H3,(H,10,11,12). The monoisotopic (exact) mass is 243 g/mol. The third-order valence-corrected chi connectivity index (χ3v) is 2.67. The second kappa shape index (κ2) is 4.83. The number of alkyl halides is 3. The number of nitrogens with one attached hydrogen (secondary N) is 1. The van der Waals surface area contributed by atoms with Crippen molar-refractivity contribution in [1.29, 1.82) is 0 Å². The molecule has 0 radical (unpaired) electrons. The van der Waals surface area contributed by atoms with Gasteiger partial charge in [0.15, 0.2) is 0 Å². The van der Waals surface area contributed by atoms with Crippen LogP contribution in [0.1, 0.15) is 5.82 Å². The Morgan fingerprint density at radius 1 is 1.50 bits per heavy atom. The Hall–Kier alpha value is -0.500. The molecule has 0 aliphatic heterocycles. The number of thioether (sulfide) groups is 1. The molecular weight excluding hydrogens is 235 g/mol. The lowest BCUT2D eigenvalue weighted by atomic mass is 10.7. The normalized spacial score (nSPS) is 11.7. The first kappa shape index (κ1) is 11.6. The zero-order valence-electron chi connectivity index (χ0n) is 7.26. The maximum atomic E-state index is 11.7. The highest BCUT2D eigenvalue weighted by Gasteiger charge is 2.27. The van der Waals surface area contributed by atoms with Gasteiger partial charge in [-0.2, -0.15) is 17.5 Å². The van der Waals surface area contributed by atoms with Gasteiger partial charge in [-0.3, -0.25) is 0 Å². The van der Waals surface area contributed by atoms with Gasteiger partial charge >= 0.3 is 5.51 Å². The zero-order valence-corrected chi connectivity index (χ0v) is 8.89. The maximum Gasteiger partial charge on any atom is 0.441 e. The van der Waals surface area contributed by atoms with E-state index in [-0.39, 0.29) is 24.1 Å². The summed E-state index contributed by atoms with van der Waals surface area (Å²) in [7, 11) is 0. The summed E-state index contributed by atoms with van der Waals surface area (Å²) in [5.41, 5.74) is -4.15. The molecule has 14 heavy (non-hydrogen) atoms. The molecule has 80 valence electrons. The molecule has 0 amide bonds. The number of rotatable bonds is 4. The molecular formula is C6H8F3N3S2. The first-order valence-corrected chi connectivity index (χ1v) is 5.48. The van der Waals surface area contributed by atoms with E-state index in [4.69, 9.17) is 0 Å². The molecule has 0 atom stereocenters. The first-order valence-electron chi connectivity index (χ1n) is 3.72. The molecule has 0 aliphatic rings. The number of hydrogen-bond donors (Lipinski definition) is 1. The molecule has 3 nitrogen and oxygen atoms in total. The van der Waals surface area contributed by atoms with E-state index in [1.165, 1.54) is 0 Å². The summed E-state index contributed by atoms with van der Waals surface area (Å²) in [5, 5.41) is 3.32. The van der Waals surface area contributed by atoms with Gasteiger partial charge in [-0.15, -0.1) is 0 Å². The van der Waals surface area contributed by atoms with Gasteiger partial charge < -0.3 is 5.32 Å². The van der Waals surface area contributed by atoms with Gasteiger partial charge in [-0.05, 0) is 18.7 Å². The molecule has 0 aliphatic carbocycles. The lowest BCUT2D eigenvalue weighted by Crippen LogP contribution is -2.09. The second-order valence-electron chi connectivity index (χ2n) is 2.37. The molecule has 0 spiro atoms. The predicted octanol–water partition coefficient (Wildman–Crippen LogP) is 2.51. The van der Waals surface area contributed by atoms with Crippen LogP contribution in [0, 0.1) is 6.92 Å². The highest BCUT2D eigenvalue weighted by molar-refractivity contribution is 8.00. The molecule has 0 aromatic carbocycles. The topological polar surface area (TPSA) is 37.8 Å². The third kappa shape index (κ3) is 4.66. The average Bonchev–Trinajstić information content (AvgIpc) is 2.44. The van der Waals surface area contributed by atoms with Crippen molar-refractivity contribution in [3.8, 4) is 0 Å². The van der Waals surface area contributed by atoms with Gasteiger partial charge in [0.2, 0.25) is 5.13 Å². The van der Waals surface area contributed by atoms with Crippen LogP contribution in [0.15, 0.2) is 0 Å². The highest BCUT2D eigenvalue weighted by atomic mass is 32.2. The summed E-state index contributed by atoms with van der Waals surface area (Å²) in [6.45, 7) is 1.96. The molecule has 1 aromatic heterocycles. The quantitative estimate of drug-likeness (QED) is 0.824. The van der Waals surface area contributed by atoms with Crippen LogP contribution in [0.5, 0.6) is 0 Å². The summed E-state index contributed by atoms with van der Waals surface area (Å²) in [6.07, 6.45) is 0. The summed E-state index contributed by atoms with van der Waals surface area (Å²) in [5.74, 6) is 0.600. The Balaban J connectivity index is 2.16. The average molecular weight is 243 g/mol. The zero-order chi connectivity index (χ0) is 10.6. The van der Waals surface area contributed by atoms with Gasteiger partial charge in [0, 0.05) is 23.8 Å². The van der Waals surface area contributed by atoms with Crippen molar-refractivity contribution in [1.82, 2.24) is 9.36 Å². The Bertz CT molecular complexity index is 286. The summed E-state index contributed by atoms with van der Waals surface area (Å²) >= 11 is 1.10. The molecule has 8 heteroatoms. The minimum absolute atomic E-state index is 0.0257. The molecule has 0 bridgehead atoms. The fourth-order valence-corrected chi connectivity index (χ4v) is 1.73. The summed E-state index contributed by atoms with van der Waals surface area (Å²) in [4.78, 5) is 3.95. The number of nitrogens with zero attached hydrogens (tertiary/aromatic N) is 2. The van der Waals surface area contributed by atoms with Crippen LogP contribution in [0.4, 0.5) is 18.3 Å². The maximum absolute atomic E-state index is 11.7. The lowest BCUT2D eigenvalue weighted by Gasteiger charge is -2.05. The van der Waals surface area contributed by atoms with Crippen molar-refractivity contribution in [3.63, 3.8) is 0 Å². The molecule has 1 heterocycles. The van der Waals surface area contributed by atoms with E-state index in [0.717, 1.165) is 11.5 Å². The molecule has 0 unspecified atom stereocenters. The van der Waals surface area contributed by atoms with E-state index >= 15 is 0 Å². The van der Waals surface area contributed by atoms with Crippen molar-refractivity contribution >= 4 is 28.4 Å². The van der Waals surface area contributed by atoms with Crippen LogP contribution in [0.25, 0.3) is 0 Å². The van der Waals surface area contributed by atoms with E-state index in [9.17, 15) is 13.2 Å². The van der Waals surface area contributed by atoms with Crippen molar-refractivity contribution < 1.29 is 13.2 Å². The van der Waals surface area contributed by atoms with Gasteiger partial charge in [-0.1, -0.05) is 0 Å².